The lowest BCUT2D eigenvalue weighted by atomic mass is 9.93. The van der Waals surface area contributed by atoms with E-state index >= 15 is 0 Å². The van der Waals surface area contributed by atoms with Crippen LogP contribution >= 0.6 is 0 Å². The third kappa shape index (κ3) is 3.87. The van der Waals surface area contributed by atoms with Crippen molar-refractivity contribution in [2.75, 3.05) is 18.5 Å². The summed E-state index contributed by atoms with van der Waals surface area (Å²) in [5.41, 5.74) is 3.73. The van der Waals surface area contributed by atoms with Gasteiger partial charge < -0.3 is 10.1 Å². The molecular weight excluding hydrogens is 406 g/mol. The van der Waals surface area contributed by atoms with E-state index in [4.69, 9.17) is 4.74 Å². The zero-order chi connectivity index (χ0) is 22.1. The van der Waals surface area contributed by atoms with Crippen molar-refractivity contribution in [3.8, 4) is 11.4 Å². The first-order valence-electron chi connectivity index (χ1n) is 10.8. The molecule has 3 aromatic heterocycles. The van der Waals surface area contributed by atoms with Crippen molar-refractivity contribution in [3.05, 3.63) is 59.9 Å². The van der Waals surface area contributed by atoms with Crippen molar-refractivity contribution in [1.29, 1.82) is 0 Å². The number of carbonyl (C=O) groups is 1. The number of aromatic nitrogens is 6. The van der Waals surface area contributed by atoms with Crippen LogP contribution in [-0.2, 0) is 4.74 Å². The number of fused-ring (bicyclic) bond motifs is 1. The van der Waals surface area contributed by atoms with Gasteiger partial charge in [0.25, 0.3) is 5.91 Å². The van der Waals surface area contributed by atoms with E-state index in [1.165, 1.54) is 0 Å². The molecule has 9 heteroatoms. The molecule has 1 aliphatic heterocycles. The van der Waals surface area contributed by atoms with Crippen LogP contribution in [0, 0.1) is 12.8 Å². The molecule has 0 saturated carbocycles. The second-order valence-electron chi connectivity index (χ2n) is 8.20. The lowest BCUT2D eigenvalue weighted by Crippen LogP contribution is -2.25. The average molecular weight is 432 g/mol. The Hall–Kier alpha value is -3.59. The van der Waals surface area contributed by atoms with Gasteiger partial charge in [-0.3, -0.25) is 4.79 Å². The molecule has 4 aromatic rings. The number of ether oxygens (including phenoxy) is 1. The average Bonchev–Trinajstić information content (AvgIpc) is 3.48. The fourth-order valence-corrected chi connectivity index (χ4v) is 4.09. The van der Waals surface area contributed by atoms with E-state index in [9.17, 15) is 4.79 Å². The van der Waals surface area contributed by atoms with Gasteiger partial charge in [-0.1, -0.05) is 18.2 Å². The normalized spacial score (nSPS) is 15.7. The third-order valence-corrected chi connectivity index (χ3v) is 6.16. The van der Waals surface area contributed by atoms with Crippen molar-refractivity contribution in [2.24, 2.45) is 5.92 Å². The first-order valence-corrected chi connectivity index (χ1v) is 10.8. The van der Waals surface area contributed by atoms with Gasteiger partial charge in [0.2, 0.25) is 5.82 Å². The van der Waals surface area contributed by atoms with Crippen LogP contribution in [0.4, 0.5) is 5.69 Å². The second kappa shape index (κ2) is 8.51. The Morgan fingerprint density at radius 3 is 2.91 bits per heavy atom. The Morgan fingerprint density at radius 1 is 1.22 bits per heavy atom. The zero-order valence-electron chi connectivity index (χ0n) is 18.1. The van der Waals surface area contributed by atoms with E-state index < -0.39 is 0 Å². The minimum Gasteiger partial charge on any atom is -0.381 e. The van der Waals surface area contributed by atoms with Crippen LogP contribution in [-0.4, -0.2) is 48.9 Å². The third-order valence-electron chi connectivity index (χ3n) is 6.16. The zero-order valence-corrected chi connectivity index (χ0v) is 18.1. The molecule has 9 nitrogen and oxygen atoms in total. The van der Waals surface area contributed by atoms with Crippen molar-refractivity contribution in [1.82, 2.24) is 29.8 Å². The number of tetrazole rings is 1. The summed E-state index contributed by atoms with van der Waals surface area (Å²) in [6, 6.07) is 11.6. The number of amides is 1. The first-order chi connectivity index (χ1) is 15.6. The van der Waals surface area contributed by atoms with Gasteiger partial charge in [-0.15, -0.1) is 10.2 Å². The number of hydrogen-bond donors (Lipinski definition) is 1. The van der Waals surface area contributed by atoms with Crippen LogP contribution < -0.4 is 5.32 Å². The monoisotopic (exact) mass is 431 g/mol. The van der Waals surface area contributed by atoms with E-state index in [1.54, 1.807) is 15.5 Å². The van der Waals surface area contributed by atoms with Crippen molar-refractivity contribution >= 4 is 17.1 Å². The molecule has 164 valence electrons. The minimum atomic E-state index is -0.212. The number of aryl methyl sites for hydroxylation is 1. The number of pyridine rings is 1. The summed E-state index contributed by atoms with van der Waals surface area (Å²) in [4.78, 5) is 14.6. The molecule has 1 aromatic carbocycles. The highest BCUT2D eigenvalue weighted by molar-refractivity contribution is 6.09. The van der Waals surface area contributed by atoms with Crippen molar-refractivity contribution < 1.29 is 9.53 Å². The number of rotatable bonds is 5. The Balaban J connectivity index is 1.37. The largest absolute Gasteiger partial charge is 0.381 e. The molecule has 1 saturated heterocycles. The summed E-state index contributed by atoms with van der Waals surface area (Å²) < 4.78 is 7.14. The van der Waals surface area contributed by atoms with Crippen LogP contribution in [0.3, 0.4) is 0 Å². The maximum Gasteiger partial charge on any atom is 0.259 e. The van der Waals surface area contributed by atoms with Gasteiger partial charge in [-0.25, -0.2) is 4.52 Å². The summed E-state index contributed by atoms with van der Waals surface area (Å²) in [5, 5.41) is 20.4. The van der Waals surface area contributed by atoms with Gasteiger partial charge in [0, 0.05) is 30.7 Å². The summed E-state index contributed by atoms with van der Waals surface area (Å²) in [6.45, 7) is 5.64. The van der Waals surface area contributed by atoms with E-state index in [0.717, 1.165) is 42.7 Å². The molecule has 1 fully saturated rings. The molecule has 4 heterocycles. The molecule has 1 amide bonds. The number of anilines is 1. The fourth-order valence-electron chi connectivity index (χ4n) is 4.09. The molecular formula is C23H25N7O2. The van der Waals surface area contributed by atoms with E-state index in [-0.39, 0.29) is 11.9 Å². The van der Waals surface area contributed by atoms with Crippen molar-refractivity contribution in [3.63, 3.8) is 0 Å². The molecule has 0 spiro atoms. The first kappa shape index (κ1) is 20.3. The van der Waals surface area contributed by atoms with Crippen LogP contribution in [0.1, 0.15) is 41.7 Å². The molecule has 0 radical (unpaired) electrons. The van der Waals surface area contributed by atoms with Gasteiger partial charge >= 0.3 is 0 Å². The Kier molecular flexibility index (Phi) is 5.40. The Bertz CT molecular complexity index is 1260. The molecule has 1 aliphatic rings. The minimum absolute atomic E-state index is 0.153. The van der Waals surface area contributed by atoms with E-state index in [2.05, 4.69) is 32.7 Å². The molecule has 1 N–H and O–H groups in total. The Morgan fingerprint density at radius 2 is 2.06 bits per heavy atom. The summed E-state index contributed by atoms with van der Waals surface area (Å²) in [7, 11) is 0. The van der Waals surface area contributed by atoms with E-state index in [0.29, 0.717) is 23.0 Å². The van der Waals surface area contributed by atoms with Crippen LogP contribution in [0.5, 0.6) is 0 Å². The topological polar surface area (TPSA) is 99.2 Å². The van der Waals surface area contributed by atoms with Gasteiger partial charge in [0.15, 0.2) is 0 Å². The number of nitrogens with zero attached hydrogens (tertiary/aromatic N) is 6. The number of hydrogen-bond acceptors (Lipinski definition) is 6. The molecule has 0 bridgehead atoms. The predicted molar refractivity (Wildman–Crippen MR) is 119 cm³/mol. The molecule has 0 aliphatic carbocycles. The maximum atomic E-state index is 12.9. The van der Waals surface area contributed by atoms with Gasteiger partial charge in [0.1, 0.15) is 0 Å². The number of carbonyl (C=O) groups excluding carboxylic acids is 1. The molecule has 5 rings (SSSR count). The number of nitrogens with one attached hydrogen (secondary N) is 1. The molecule has 32 heavy (non-hydrogen) atoms. The second-order valence-corrected chi connectivity index (χ2v) is 8.20. The molecule has 0 unspecified atom stereocenters. The smallest absolute Gasteiger partial charge is 0.259 e. The number of benzene rings is 1. The SMILES string of the molecule is Cc1ccc(-c2nnn([C@@H](C)C3CCOCC3)n2)cc1NC(=O)c1cnn2ccccc12. The van der Waals surface area contributed by atoms with Gasteiger partial charge in [-0.2, -0.15) is 9.90 Å². The summed E-state index contributed by atoms with van der Waals surface area (Å²) in [6.07, 6.45) is 5.40. The standard InChI is InChI=1S/C23H25N7O2/c1-15-6-7-18(22-26-28-30(27-22)16(2)17-8-11-32-12-9-17)13-20(15)25-23(31)19-14-24-29-10-4-3-5-21(19)29/h3-7,10,13-14,16-17H,8-9,11-12H2,1-2H3,(H,25,31)/t16-/m0/s1. The quantitative estimate of drug-likeness (QED) is 0.519. The molecule has 1 atom stereocenters. The van der Waals surface area contributed by atoms with Gasteiger partial charge in [-0.05, 0) is 61.6 Å². The highest BCUT2D eigenvalue weighted by atomic mass is 16.5. The van der Waals surface area contributed by atoms with Gasteiger partial charge in [0.05, 0.1) is 23.3 Å². The lowest BCUT2D eigenvalue weighted by molar-refractivity contribution is 0.0470. The van der Waals surface area contributed by atoms with Crippen LogP contribution in [0.25, 0.3) is 16.9 Å². The highest BCUT2D eigenvalue weighted by Gasteiger charge is 2.24. The maximum absolute atomic E-state index is 12.9. The predicted octanol–water partition coefficient (Wildman–Crippen LogP) is 3.54. The van der Waals surface area contributed by atoms with Crippen molar-refractivity contribution in [2.45, 2.75) is 32.7 Å². The van der Waals surface area contributed by atoms with Crippen LogP contribution in [0.2, 0.25) is 0 Å². The lowest BCUT2D eigenvalue weighted by Gasteiger charge is -2.26. The van der Waals surface area contributed by atoms with Crippen LogP contribution in [0.15, 0.2) is 48.8 Å². The summed E-state index contributed by atoms with van der Waals surface area (Å²) >= 11 is 0. The highest BCUT2D eigenvalue weighted by Crippen LogP contribution is 2.28. The summed E-state index contributed by atoms with van der Waals surface area (Å²) in [5.74, 6) is 0.802. The Labute approximate surface area is 185 Å². The van der Waals surface area contributed by atoms with E-state index in [1.807, 2.05) is 49.5 Å². The fraction of sp³-hybridized carbons (Fsp3) is 0.348.